The van der Waals surface area contributed by atoms with E-state index >= 15 is 0 Å². The molecule has 0 aliphatic carbocycles. The number of aryl methyl sites for hydroxylation is 2. The minimum Gasteiger partial charge on any atom is -0.354 e. The summed E-state index contributed by atoms with van der Waals surface area (Å²) in [7, 11) is 0. The number of halogens is 1. The molecule has 0 bridgehead atoms. The quantitative estimate of drug-likeness (QED) is 0.629. The highest BCUT2D eigenvalue weighted by Gasteiger charge is 2.26. The zero-order chi connectivity index (χ0) is 23.0. The van der Waals surface area contributed by atoms with E-state index in [0.29, 0.717) is 30.5 Å². The Morgan fingerprint density at radius 2 is 1.75 bits per heavy atom. The van der Waals surface area contributed by atoms with Gasteiger partial charge in [0.25, 0.3) is 0 Å². The SMILES string of the molecule is Cc1nc(N2CCCN(C(=O)NC(C)(C)C)CC2)c2c(C)nn(-c3ccc(Cl)cc3)c2n1. The van der Waals surface area contributed by atoms with Crippen LogP contribution in [0.1, 0.15) is 38.7 Å². The van der Waals surface area contributed by atoms with E-state index < -0.39 is 0 Å². The molecule has 2 aromatic heterocycles. The summed E-state index contributed by atoms with van der Waals surface area (Å²) in [5.41, 5.74) is 2.29. The van der Waals surface area contributed by atoms with Crippen LogP contribution in [0.25, 0.3) is 16.7 Å². The maximum absolute atomic E-state index is 12.7. The largest absolute Gasteiger partial charge is 0.354 e. The summed E-state index contributed by atoms with van der Waals surface area (Å²) in [5.74, 6) is 1.57. The van der Waals surface area contributed by atoms with Gasteiger partial charge in [0.1, 0.15) is 11.6 Å². The molecule has 8 nitrogen and oxygen atoms in total. The fourth-order valence-corrected chi connectivity index (χ4v) is 4.12. The number of carbonyl (C=O) groups excluding carboxylic acids is 1. The number of nitrogens with one attached hydrogen (secondary N) is 1. The highest BCUT2D eigenvalue weighted by atomic mass is 35.5. The van der Waals surface area contributed by atoms with E-state index in [1.54, 1.807) is 0 Å². The van der Waals surface area contributed by atoms with Crippen LogP contribution < -0.4 is 10.2 Å². The molecule has 0 spiro atoms. The lowest BCUT2D eigenvalue weighted by atomic mass is 10.1. The van der Waals surface area contributed by atoms with Crippen LogP contribution in [0.3, 0.4) is 0 Å². The second-order valence-electron chi connectivity index (χ2n) is 9.27. The summed E-state index contributed by atoms with van der Waals surface area (Å²) in [6, 6.07) is 7.54. The van der Waals surface area contributed by atoms with Gasteiger partial charge in [0.15, 0.2) is 5.65 Å². The van der Waals surface area contributed by atoms with Crippen LogP contribution in [0.15, 0.2) is 24.3 Å². The minimum atomic E-state index is -0.258. The van der Waals surface area contributed by atoms with Gasteiger partial charge in [-0.15, -0.1) is 0 Å². The first kappa shape index (κ1) is 22.3. The average molecular weight is 456 g/mol. The van der Waals surface area contributed by atoms with Crippen LogP contribution in [-0.2, 0) is 0 Å². The third-order valence-corrected chi connectivity index (χ3v) is 5.68. The first-order valence-electron chi connectivity index (χ1n) is 10.9. The van der Waals surface area contributed by atoms with Crippen molar-refractivity contribution in [3.63, 3.8) is 0 Å². The number of anilines is 1. The molecule has 3 heterocycles. The lowest BCUT2D eigenvalue weighted by Crippen LogP contribution is -2.49. The minimum absolute atomic E-state index is 0.0184. The van der Waals surface area contributed by atoms with Crippen LogP contribution >= 0.6 is 11.6 Å². The number of hydrogen-bond acceptors (Lipinski definition) is 5. The molecule has 1 saturated heterocycles. The van der Waals surface area contributed by atoms with Gasteiger partial charge in [0.05, 0.1) is 16.8 Å². The zero-order valence-corrected chi connectivity index (χ0v) is 20.1. The molecule has 0 saturated carbocycles. The maximum atomic E-state index is 12.7. The van der Waals surface area contributed by atoms with E-state index in [1.807, 2.05) is 68.5 Å². The highest BCUT2D eigenvalue weighted by molar-refractivity contribution is 6.30. The summed E-state index contributed by atoms with van der Waals surface area (Å²) in [6.07, 6.45) is 0.868. The number of nitrogens with zero attached hydrogens (tertiary/aromatic N) is 6. The van der Waals surface area contributed by atoms with Crippen LogP contribution in [-0.4, -0.2) is 62.4 Å². The number of benzene rings is 1. The molecule has 3 aromatic rings. The molecular formula is C23H30ClN7O. The number of urea groups is 1. The number of rotatable bonds is 2. The Bertz CT molecular complexity index is 1130. The molecular weight excluding hydrogens is 426 g/mol. The summed E-state index contributed by atoms with van der Waals surface area (Å²) < 4.78 is 1.85. The average Bonchev–Trinajstić information content (AvgIpc) is 2.89. The van der Waals surface area contributed by atoms with Gasteiger partial charge in [-0.1, -0.05) is 11.6 Å². The third-order valence-electron chi connectivity index (χ3n) is 5.43. The van der Waals surface area contributed by atoms with Crippen molar-refractivity contribution in [3.05, 3.63) is 40.8 Å². The predicted molar refractivity (Wildman–Crippen MR) is 128 cm³/mol. The summed E-state index contributed by atoms with van der Waals surface area (Å²) in [5, 5.41) is 9.45. The van der Waals surface area contributed by atoms with Crippen LogP contribution in [0.4, 0.5) is 10.6 Å². The molecule has 1 aromatic carbocycles. The van der Waals surface area contributed by atoms with Crippen molar-refractivity contribution in [2.75, 3.05) is 31.1 Å². The maximum Gasteiger partial charge on any atom is 0.317 e. The monoisotopic (exact) mass is 455 g/mol. The number of carbonyl (C=O) groups is 1. The third kappa shape index (κ3) is 4.65. The Labute approximate surface area is 193 Å². The van der Waals surface area contributed by atoms with Crippen molar-refractivity contribution in [3.8, 4) is 5.69 Å². The molecule has 1 N–H and O–H groups in total. The molecule has 2 amide bonds. The zero-order valence-electron chi connectivity index (χ0n) is 19.3. The van der Waals surface area contributed by atoms with Gasteiger partial charge in [-0.25, -0.2) is 19.4 Å². The van der Waals surface area contributed by atoms with Crippen molar-refractivity contribution in [2.24, 2.45) is 0 Å². The molecule has 0 atom stereocenters. The highest BCUT2D eigenvalue weighted by Crippen LogP contribution is 2.30. The molecule has 32 heavy (non-hydrogen) atoms. The Kier molecular flexibility index (Phi) is 5.99. The molecule has 0 unspecified atom stereocenters. The number of hydrogen-bond donors (Lipinski definition) is 1. The van der Waals surface area contributed by atoms with Gasteiger partial charge in [0.2, 0.25) is 0 Å². The normalized spacial score (nSPS) is 15.2. The van der Waals surface area contributed by atoms with Crippen LogP contribution in [0, 0.1) is 13.8 Å². The number of aromatic nitrogens is 4. The second kappa shape index (κ2) is 8.58. The molecule has 1 aliphatic heterocycles. The summed E-state index contributed by atoms with van der Waals surface area (Å²) in [4.78, 5) is 26.3. The summed E-state index contributed by atoms with van der Waals surface area (Å²) in [6.45, 7) is 12.7. The molecule has 1 fully saturated rings. The molecule has 170 valence electrons. The van der Waals surface area contributed by atoms with Crippen molar-refractivity contribution in [2.45, 2.75) is 46.6 Å². The standard InChI is InChI=1S/C23H30ClN7O/c1-15-19-20(29-11-6-12-30(14-13-29)22(32)27-23(3,4)5)25-16(2)26-21(19)31(28-15)18-9-7-17(24)8-10-18/h7-10H,6,11-14H2,1-5H3,(H,27,32). The fraction of sp³-hybridized carbons (Fsp3) is 0.478. The molecule has 0 radical (unpaired) electrons. The van der Waals surface area contributed by atoms with E-state index in [0.717, 1.165) is 41.2 Å². The van der Waals surface area contributed by atoms with Crippen molar-refractivity contribution in [1.82, 2.24) is 30.0 Å². The topological polar surface area (TPSA) is 79.2 Å². The van der Waals surface area contributed by atoms with Gasteiger partial charge < -0.3 is 15.1 Å². The van der Waals surface area contributed by atoms with Gasteiger partial charge in [-0.05, 0) is 65.3 Å². The smallest absolute Gasteiger partial charge is 0.317 e. The number of amides is 2. The first-order valence-corrected chi connectivity index (χ1v) is 11.3. The van der Waals surface area contributed by atoms with Gasteiger partial charge in [0, 0.05) is 36.7 Å². The van der Waals surface area contributed by atoms with E-state index in [-0.39, 0.29) is 11.6 Å². The first-order chi connectivity index (χ1) is 15.1. The Balaban J connectivity index is 1.66. The Morgan fingerprint density at radius 1 is 1.03 bits per heavy atom. The van der Waals surface area contributed by atoms with Crippen LogP contribution in [0.5, 0.6) is 0 Å². The van der Waals surface area contributed by atoms with E-state index in [9.17, 15) is 4.79 Å². The van der Waals surface area contributed by atoms with Crippen LogP contribution in [0.2, 0.25) is 5.02 Å². The van der Waals surface area contributed by atoms with Gasteiger partial charge in [-0.2, -0.15) is 5.10 Å². The van der Waals surface area contributed by atoms with Crippen molar-refractivity contribution < 1.29 is 4.79 Å². The van der Waals surface area contributed by atoms with Crippen molar-refractivity contribution in [1.29, 1.82) is 0 Å². The Hall–Kier alpha value is -2.87. The van der Waals surface area contributed by atoms with Gasteiger partial charge >= 0.3 is 6.03 Å². The lowest BCUT2D eigenvalue weighted by Gasteiger charge is -2.28. The van der Waals surface area contributed by atoms with E-state index in [4.69, 9.17) is 26.7 Å². The molecule has 4 rings (SSSR count). The lowest BCUT2D eigenvalue weighted by molar-refractivity contribution is 0.192. The Morgan fingerprint density at radius 3 is 2.44 bits per heavy atom. The molecule has 9 heteroatoms. The molecule has 1 aliphatic rings. The predicted octanol–water partition coefficient (Wildman–Crippen LogP) is 4.11. The van der Waals surface area contributed by atoms with Gasteiger partial charge in [-0.3, -0.25) is 0 Å². The number of fused-ring (bicyclic) bond motifs is 1. The van der Waals surface area contributed by atoms with E-state index in [1.165, 1.54) is 0 Å². The van der Waals surface area contributed by atoms with Crippen molar-refractivity contribution >= 4 is 34.5 Å². The second-order valence-corrected chi connectivity index (χ2v) is 9.71. The fourth-order valence-electron chi connectivity index (χ4n) is 3.99. The summed E-state index contributed by atoms with van der Waals surface area (Å²) >= 11 is 6.06. The van der Waals surface area contributed by atoms with E-state index in [2.05, 4.69) is 10.2 Å².